The molecule has 2 heterocycles. The van der Waals surface area contributed by atoms with E-state index in [2.05, 4.69) is 29.0 Å². The molecule has 28 heavy (non-hydrogen) atoms. The lowest BCUT2D eigenvalue weighted by Gasteiger charge is -2.25. The van der Waals surface area contributed by atoms with E-state index in [-0.39, 0.29) is 11.6 Å². The van der Waals surface area contributed by atoms with Gasteiger partial charge < -0.3 is 4.90 Å². The second-order valence-electron chi connectivity index (χ2n) is 7.66. The predicted molar refractivity (Wildman–Crippen MR) is 105 cm³/mol. The van der Waals surface area contributed by atoms with E-state index in [0.29, 0.717) is 17.6 Å². The summed E-state index contributed by atoms with van der Waals surface area (Å²) in [6, 6.07) is 13.6. The molecule has 0 amide bonds. The minimum atomic E-state index is -0.273. The Morgan fingerprint density at radius 1 is 1.04 bits per heavy atom. The summed E-state index contributed by atoms with van der Waals surface area (Å²) in [5, 5.41) is 4.38. The lowest BCUT2D eigenvalue weighted by atomic mass is 9.94. The topological polar surface area (TPSA) is 24.3 Å². The molecule has 0 spiro atoms. The third-order valence-corrected chi connectivity index (χ3v) is 5.44. The molecule has 2 atom stereocenters. The molecule has 0 radical (unpaired) electrons. The first-order valence-corrected chi connectivity index (χ1v) is 9.43. The molecular weight excluding hydrogens is 358 g/mol. The Morgan fingerprint density at radius 2 is 1.82 bits per heavy atom. The van der Waals surface area contributed by atoms with Crippen molar-refractivity contribution in [1.82, 2.24) is 19.6 Å². The fourth-order valence-corrected chi connectivity index (χ4v) is 4.02. The largest absolute Gasteiger partial charge is 0.305 e. The summed E-state index contributed by atoms with van der Waals surface area (Å²) in [5.74, 6) is -0.149. The molecule has 1 aliphatic rings. The number of halogens is 2. The quantitative estimate of drug-likeness (QED) is 0.673. The van der Waals surface area contributed by atoms with Gasteiger partial charge in [0.2, 0.25) is 0 Å². The Balaban J connectivity index is 1.49. The molecule has 146 valence electrons. The summed E-state index contributed by atoms with van der Waals surface area (Å²) < 4.78 is 28.5. The van der Waals surface area contributed by atoms with Gasteiger partial charge in [0.05, 0.1) is 11.9 Å². The lowest BCUT2D eigenvalue weighted by Crippen LogP contribution is -2.34. The van der Waals surface area contributed by atoms with Crippen LogP contribution in [0.1, 0.15) is 17.0 Å². The van der Waals surface area contributed by atoms with E-state index in [1.165, 1.54) is 24.3 Å². The first-order chi connectivity index (χ1) is 13.5. The van der Waals surface area contributed by atoms with Gasteiger partial charge in [0.25, 0.3) is 0 Å². The van der Waals surface area contributed by atoms with E-state index < -0.39 is 0 Å². The SMILES string of the molecule is CN(C)[C@@H]1CN(Cc2cnn(-c3cccc(F)c3)c2)C[C@H]1c1ccc(F)cc1. The lowest BCUT2D eigenvalue weighted by molar-refractivity contribution is 0.259. The number of benzene rings is 2. The number of likely N-dealkylation sites (tertiary alicyclic amines) is 1. The molecule has 1 aromatic heterocycles. The van der Waals surface area contributed by atoms with Gasteiger partial charge in [-0.15, -0.1) is 0 Å². The van der Waals surface area contributed by atoms with Crippen LogP contribution < -0.4 is 0 Å². The molecule has 0 unspecified atom stereocenters. The van der Waals surface area contributed by atoms with Crippen molar-refractivity contribution < 1.29 is 8.78 Å². The molecule has 1 fully saturated rings. The van der Waals surface area contributed by atoms with Crippen LogP contribution in [0.2, 0.25) is 0 Å². The molecule has 0 saturated carbocycles. The highest BCUT2D eigenvalue weighted by Crippen LogP contribution is 2.31. The predicted octanol–water partition coefficient (Wildman–Crippen LogP) is 3.68. The van der Waals surface area contributed by atoms with Crippen molar-refractivity contribution in [2.45, 2.75) is 18.5 Å². The fourth-order valence-electron chi connectivity index (χ4n) is 4.02. The average molecular weight is 382 g/mol. The van der Waals surface area contributed by atoms with Gasteiger partial charge in [-0.05, 0) is 50.0 Å². The van der Waals surface area contributed by atoms with Crippen LogP contribution in [-0.2, 0) is 6.54 Å². The van der Waals surface area contributed by atoms with Crippen molar-refractivity contribution in [1.29, 1.82) is 0 Å². The molecule has 3 aromatic rings. The van der Waals surface area contributed by atoms with E-state index >= 15 is 0 Å². The number of likely N-dealkylation sites (N-methyl/N-ethyl adjacent to an activating group) is 1. The molecule has 6 heteroatoms. The summed E-state index contributed by atoms with van der Waals surface area (Å²) in [6.45, 7) is 2.61. The van der Waals surface area contributed by atoms with Crippen molar-refractivity contribution in [2.75, 3.05) is 27.2 Å². The minimum absolute atomic E-state index is 0.204. The van der Waals surface area contributed by atoms with Gasteiger partial charge in [-0.25, -0.2) is 13.5 Å². The number of rotatable bonds is 5. The van der Waals surface area contributed by atoms with Crippen LogP contribution in [0.25, 0.3) is 5.69 Å². The molecule has 4 rings (SSSR count). The van der Waals surface area contributed by atoms with Gasteiger partial charge in [-0.3, -0.25) is 4.90 Å². The van der Waals surface area contributed by atoms with E-state index in [4.69, 9.17) is 0 Å². The third-order valence-electron chi connectivity index (χ3n) is 5.44. The zero-order valence-corrected chi connectivity index (χ0v) is 16.1. The molecule has 1 aliphatic heterocycles. The third kappa shape index (κ3) is 3.98. The Hall–Kier alpha value is -2.57. The van der Waals surface area contributed by atoms with Crippen molar-refractivity contribution in [2.24, 2.45) is 0 Å². The first-order valence-electron chi connectivity index (χ1n) is 9.43. The normalized spacial score (nSPS) is 20.2. The van der Waals surface area contributed by atoms with Crippen molar-refractivity contribution in [3.05, 3.63) is 83.7 Å². The van der Waals surface area contributed by atoms with Crippen LogP contribution in [-0.4, -0.2) is 52.8 Å². The van der Waals surface area contributed by atoms with Gasteiger partial charge in [-0.2, -0.15) is 5.10 Å². The maximum Gasteiger partial charge on any atom is 0.125 e. The number of hydrogen-bond donors (Lipinski definition) is 0. The molecule has 0 N–H and O–H groups in total. The maximum atomic E-state index is 13.5. The monoisotopic (exact) mass is 382 g/mol. The summed E-state index contributed by atoms with van der Waals surface area (Å²) >= 11 is 0. The van der Waals surface area contributed by atoms with Gasteiger partial charge in [0.15, 0.2) is 0 Å². The van der Waals surface area contributed by atoms with E-state index in [1.54, 1.807) is 10.7 Å². The van der Waals surface area contributed by atoms with Crippen LogP contribution in [0.3, 0.4) is 0 Å². The van der Waals surface area contributed by atoms with Crippen LogP contribution in [0.4, 0.5) is 8.78 Å². The highest BCUT2D eigenvalue weighted by atomic mass is 19.1. The van der Waals surface area contributed by atoms with Crippen molar-refractivity contribution >= 4 is 0 Å². The summed E-state index contributed by atoms with van der Waals surface area (Å²) in [7, 11) is 4.18. The summed E-state index contributed by atoms with van der Waals surface area (Å²) in [6.07, 6.45) is 3.78. The average Bonchev–Trinajstić information content (AvgIpc) is 3.30. The first kappa shape index (κ1) is 18.8. The molecule has 2 aromatic carbocycles. The molecule has 4 nitrogen and oxygen atoms in total. The summed E-state index contributed by atoms with van der Waals surface area (Å²) in [5.41, 5.74) is 2.96. The molecule has 1 saturated heterocycles. The second kappa shape index (κ2) is 7.81. The van der Waals surface area contributed by atoms with Crippen molar-refractivity contribution in [3.8, 4) is 5.69 Å². The number of aromatic nitrogens is 2. The van der Waals surface area contributed by atoms with Crippen LogP contribution in [0, 0.1) is 11.6 Å². The number of hydrogen-bond acceptors (Lipinski definition) is 3. The highest BCUT2D eigenvalue weighted by Gasteiger charge is 2.35. The van der Waals surface area contributed by atoms with E-state index in [0.717, 1.165) is 30.8 Å². The van der Waals surface area contributed by atoms with Gasteiger partial charge in [0, 0.05) is 43.4 Å². The minimum Gasteiger partial charge on any atom is -0.305 e. The van der Waals surface area contributed by atoms with Crippen LogP contribution in [0.15, 0.2) is 60.9 Å². The zero-order valence-electron chi connectivity index (χ0n) is 16.1. The number of nitrogens with zero attached hydrogens (tertiary/aromatic N) is 4. The zero-order chi connectivity index (χ0) is 19.7. The Bertz CT molecular complexity index is 936. The fraction of sp³-hybridized carbons (Fsp3) is 0.318. The standard InChI is InChI=1S/C22H24F2N4/c1-26(2)22-15-27(14-21(22)17-6-8-18(23)9-7-17)12-16-11-25-28(13-16)20-5-3-4-19(24)10-20/h3-11,13,21-22H,12,14-15H2,1-2H3/t21-,22+/m0/s1. The van der Waals surface area contributed by atoms with Crippen LogP contribution in [0.5, 0.6) is 0 Å². The van der Waals surface area contributed by atoms with E-state index in [1.807, 2.05) is 30.6 Å². The smallest absolute Gasteiger partial charge is 0.125 e. The van der Waals surface area contributed by atoms with Crippen LogP contribution >= 0.6 is 0 Å². The molecule has 0 bridgehead atoms. The highest BCUT2D eigenvalue weighted by molar-refractivity contribution is 5.32. The molecular formula is C22H24F2N4. The van der Waals surface area contributed by atoms with Crippen molar-refractivity contribution in [3.63, 3.8) is 0 Å². The molecule has 0 aliphatic carbocycles. The van der Waals surface area contributed by atoms with Gasteiger partial charge in [0.1, 0.15) is 11.6 Å². The Morgan fingerprint density at radius 3 is 2.54 bits per heavy atom. The maximum absolute atomic E-state index is 13.5. The second-order valence-corrected chi connectivity index (χ2v) is 7.66. The summed E-state index contributed by atoms with van der Waals surface area (Å²) in [4.78, 5) is 4.63. The van der Waals surface area contributed by atoms with Gasteiger partial charge >= 0.3 is 0 Å². The Labute approximate surface area is 164 Å². The Kier molecular flexibility index (Phi) is 5.24. The van der Waals surface area contributed by atoms with E-state index in [9.17, 15) is 8.78 Å². The van der Waals surface area contributed by atoms with Gasteiger partial charge in [-0.1, -0.05) is 18.2 Å².